The highest BCUT2D eigenvalue weighted by Gasteiger charge is 2.19. The van der Waals surface area contributed by atoms with Gasteiger partial charge in [-0.15, -0.1) is 0 Å². The second-order valence-electron chi connectivity index (χ2n) is 4.82. The molecule has 19 heavy (non-hydrogen) atoms. The van der Waals surface area contributed by atoms with Crippen molar-refractivity contribution in [3.05, 3.63) is 53.6 Å². The first-order valence-corrected chi connectivity index (χ1v) is 6.61. The third-order valence-corrected chi connectivity index (χ3v) is 3.43. The van der Waals surface area contributed by atoms with E-state index in [2.05, 4.69) is 35.2 Å². The Kier molecular flexibility index (Phi) is 3.03. The molecule has 0 saturated carbocycles. The number of rotatable bonds is 3. The predicted molar refractivity (Wildman–Crippen MR) is 78.4 cm³/mol. The SMILES string of the molecule is CCOc1cc(N)cc(N2Cc3ccccc3C2)c1. The molecule has 3 nitrogen and oxygen atoms in total. The summed E-state index contributed by atoms with van der Waals surface area (Å²) < 4.78 is 5.56. The molecule has 0 amide bonds. The summed E-state index contributed by atoms with van der Waals surface area (Å²) in [5.74, 6) is 0.841. The molecule has 3 heteroatoms. The summed E-state index contributed by atoms with van der Waals surface area (Å²) in [5.41, 5.74) is 10.6. The molecule has 0 unspecified atom stereocenters. The van der Waals surface area contributed by atoms with E-state index in [1.165, 1.54) is 11.1 Å². The number of nitrogens with two attached hydrogens (primary N) is 1. The molecule has 1 aliphatic rings. The normalized spacial score (nSPS) is 13.4. The second kappa shape index (κ2) is 4.84. The van der Waals surface area contributed by atoms with Gasteiger partial charge in [-0.2, -0.15) is 0 Å². The lowest BCUT2D eigenvalue weighted by molar-refractivity contribution is 0.340. The van der Waals surface area contributed by atoms with Crippen molar-refractivity contribution < 1.29 is 4.74 Å². The number of ether oxygens (including phenoxy) is 1. The van der Waals surface area contributed by atoms with Gasteiger partial charge in [-0.3, -0.25) is 0 Å². The zero-order valence-corrected chi connectivity index (χ0v) is 11.1. The van der Waals surface area contributed by atoms with Crippen LogP contribution in [0.5, 0.6) is 5.75 Å². The third kappa shape index (κ3) is 2.36. The Bertz CT molecular complexity index is 570. The van der Waals surface area contributed by atoms with Gasteiger partial charge in [-0.25, -0.2) is 0 Å². The number of hydrogen-bond donors (Lipinski definition) is 1. The van der Waals surface area contributed by atoms with E-state index in [1.54, 1.807) is 0 Å². The molecule has 2 aromatic rings. The van der Waals surface area contributed by atoms with Gasteiger partial charge >= 0.3 is 0 Å². The van der Waals surface area contributed by atoms with E-state index < -0.39 is 0 Å². The molecule has 0 aliphatic carbocycles. The van der Waals surface area contributed by atoms with Gasteiger partial charge in [-0.1, -0.05) is 24.3 Å². The molecule has 0 bridgehead atoms. The number of hydrogen-bond acceptors (Lipinski definition) is 3. The molecule has 1 heterocycles. The summed E-state index contributed by atoms with van der Waals surface area (Å²) in [7, 11) is 0. The van der Waals surface area contributed by atoms with Crippen molar-refractivity contribution in [3.63, 3.8) is 0 Å². The zero-order chi connectivity index (χ0) is 13.2. The van der Waals surface area contributed by atoms with Gasteiger partial charge in [0.05, 0.1) is 6.61 Å². The van der Waals surface area contributed by atoms with E-state index in [0.29, 0.717) is 6.61 Å². The Morgan fingerprint density at radius 2 is 1.79 bits per heavy atom. The maximum absolute atomic E-state index is 5.96. The van der Waals surface area contributed by atoms with Crippen LogP contribution >= 0.6 is 0 Å². The van der Waals surface area contributed by atoms with Crippen LogP contribution in [-0.2, 0) is 13.1 Å². The predicted octanol–water partition coefficient (Wildman–Crippen LogP) is 3.19. The van der Waals surface area contributed by atoms with E-state index in [9.17, 15) is 0 Å². The number of benzene rings is 2. The average Bonchev–Trinajstić information content (AvgIpc) is 2.82. The molecule has 2 aromatic carbocycles. The van der Waals surface area contributed by atoms with Crippen LogP contribution in [-0.4, -0.2) is 6.61 Å². The highest BCUT2D eigenvalue weighted by atomic mass is 16.5. The van der Waals surface area contributed by atoms with Gasteiger partial charge in [-0.05, 0) is 24.1 Å². The molecule has 98 valence electrons. The number of anilines is 2. The van der Waals surface area contributed by atoms with Crippen LogP contribution in [0.4, 0.5) is 11.4 Å². The average molecular weight is 254 g/mol. The topological polar surface area (TPSA) is 38.5 Å². The summed E-state index contributed by atoms with van der Waals surface area (Å²) >= 11 is 0. The Hall–Kier alpha value is -2.16. The Morgan fingerprint density at radius 1 is 1.11 bits per heavy atom. The van der Waals surface area contributed by atoms with Crippen molar-refractivity contribution in [2.75, 3.05) is 17.2 Å². The van der Waals surface area contributed by atoms with Gasteiger partial charge in [0.15, 0.2) is 0 Å². The lowest BCUT2D eigenvalue weighted by Crippen LogP contribution is -2.14. The highest BCUT2D eigenvalue weighted by molar-refractivity contribution is 5.62. The molecule has 0 saturated heterocycles. The molecule has 0 radical (unpaired) electrons. The van der Waals surface area contributed by atoms with Crippen molar-refractivity contribution in [1.82, 2.24) is 0 Å². The van der Waals surface area contributed by atoms with Gasteiger partial charge in [0.25, 0.3) is 0 Å². The fourth-order valence-electron chi connectivity index (χ4n) is 2.55. The van der Waals surface area contributed by atoms with Crippen LogP contribution in [0, 0.1) is 0 Å². The minimum Gasteiger partial charge on any atom is -0.494 e. The molecule has 0 aromatic heterocycles. The standard InChI is InChI=1S/C16H18N2O/c1-2-19-16-8-14(17)7-15(9-16)18-10-12-5-3-4-6-13(12)11-18/h3-9H,2,10-11,17H2,1H3. The molecule has 0 atom stereocenters. The summed E-state index contributed by atoms with van der Waals surface area (Å²) in [4.78, 5) is 2.32. The van der Waals surface area contributed by atoms with E-state index >= 15 is 0 Å². The summed E-state index contributed by atoms with van der Waals surface area (Å²) in [5, 5.41) is 0. The Morgan fingerprint density at radius 3 is 2.42 bits per heavy atom. The van der Waals surface area contributed by atoms with Gasteiger partial charge in [0.1, 0.15) is 5.75 Å². The summed E-state index contributed by atoms with van der Waals surface area (Å²) in [6.45, 7) is 4.51. The van der Waals surface area contributed by atoms with Crippen molar-refractivity contribution >= 4 is 11.4 Å². The number of nitrogens with zero attached hydrogens (tertiary/aromatic N) is 1. The Labute approximate surface area is 113 Å². The molecule has 2 N–H and O–H groups in total. The smallest absolute Gasteiger partial charge is 0.123 e. The van der Waals surface area contributed by atoms with Crippen molar-refractivity contribution in [1.29, 1.82) is 0 Å². The molecular formula is C16H18N2O. The first kappa shape index (κ1) is 11.9. The third-order valence-electron chi connectivity index (χ3n) is 3.43. The maximum Gasteiger partial charge on any atom is 0.123 e. The first-order valence-electron chi connectivity index (χ1n) is 6.61. The van der Waals surface area contributed by atoms with Gasteiger partial charge in [0.2, 0.25) is 0 Å². The zero-order valence-electron chi connectivity index (χ0n) is 11.1. The van der Waals surface area contributed by atoms with Crippen molar-refractivity contribution in [2.45, 2.75) is 20.0 Å². The fraction of sp³-hybridized carbons (Fsp3) is 0.250. The molecule has 3 rings (SSSR count). The number of fused-ring (bicyclic) bond motifs is 1. The van der Waals surface area contributed by atoms with Crippen LogP contribution in [0.3, 0.4) is 0 Å². The minimum absolute atomic E-state index is 0.656. The van der Waals surface area contributed by atoms with Gasteiger partial charge < -0.3 is 15.4 Å². The maximum atomic E-state index is 5.96. The summed E-state index contributed by atoms with van der Waals surface area (Å²) in [6, 6.07) is 14.5. The molecular weight excluding hydrogens is 236 g/mol. The number of nitrogen functional groups attached to an aromatic ring is 1. The monoisotopic (exact) mass is 254 g/mol. The fourth-order valence-corrected chi connectivity index (χ4v) is 2.55. The second-order valence-corrected chi connectivity index (χ2v) is 4.82. The lowest BCUT2D eigenvalue weighted by atomic mass is 10.1. The molecule has 0 spiro atoms. The van der Waals surface area contributed by atoms with Crippen LogP contribution in [0.25, 0.3) is 0 Å². The Balaban J connectivity index is 1.88. The van der Waals surface area contributed by atoms with Gasteiger partial charge in [0, 0.05) is 36.6 Å². The highest BCUT2D eigenvalue weighted by Crippen LogP contribution is 2.32. The van der Waals surface area contributed by atoms with Crippen LogP contribution in [0.2, 0.25) is 0 Å². The lowest BCUT2D eigenvalue weighted by Gasteiger charge is -2.19. The van der Waals surface area contributed by atoms with Crippen LogP contribution < -0.4 is 15.4 Å². The van der Waals surface area contributed by atoms with E-state index in [-0.39, 0.29) is 0 Å². The van der Waals surface area contributed by atoms with Crippen molar-refractivity contribution in [2.24, 2.45) is 0 Å². The van der Waals surface area contributed by atoms with Crippen LogP contribution in [0.1, 0.15) is 18.1 Å². The van der Waals surface area contributed by atoms with Crippen LogP contribution in [0.15, 0.2) is 42.5 Å². The first-order chi connectivity index (χ1) is 9.26. The van der Waals surface area contributed by atoms with Crippen molar-refractivity contribution in [3.8, 4) is 5.75 Å². The summed E-state index contributed by atoms with van der Waals surface area (Å²) in [6.07, 6.45) is 0. The minimum atomic E-state index is 0.656. The van der Waals surface area contributed by atoms with E-state index in [1.807, 2.05) is 19.1 Å². The largest absolute Gasteiger partial charge is 0.494 e. The molecule has 1 aliphatic heterocycles. The quantitative estimate of drug-likeness (QED) is 0.855. The van der Waals surface area contributed by atoms with E-state index in [0.717, 1.165) is 30.2 Å². The molecule has 0 fully saturated rings. The van der Waals surface area contributed by atoms with E-state index in [4.69, 9.17) is 10.5 Å².